The fourth-order valence-electron chi connectivity index (χ4n) is 9.02. The molecule has 392 valence electrons. The molecule has 3 aromatic heterocycles. The number of anilines is 2. The number of amides is 1. The minimum Gasteiger partial charge on any atom is -0.477 e. The van der Waals surface area contributed by atoms with Gasteiger partial charge >= 0.3 is 17.9 Å². The van der Waals surface area contributed by atoms with E-state index >= 15 is 0 Å². The Kier molecular flexibility index (Phi) is 19.0. The van der Waals surface area contributed by atoms with E-state index in [-0.39, 0.29) is 52.9 Å². The lowest BCUT2D eigenvalue weighted by atomic mass is 9.81. The van der Waals surface area contributed by atoms with Crippen LogP contribution in [-0.2, 0) is 25.3 Å². The van der Waals surface area contributed by atoms with Crippen molar-refractivity contribution in [1.29, 1.82) is 15.8 Å². The Labute approximate surface area is 446 Å². The second-order valence-electron chi connectivity index (χ2n) is 18.7. The van der Waals surface area contributed by atoms with Crippen molar-refractivity contribution in [3.8, 4) is 18.2 Å². The van der Waals surface area contributed by atoms with E-state index in [1.165, 1.54) is 92.1 Å². The Morgan fingerprint density at radius 1 is 0.737 bits per heavy atom. The molecule has 0 bridgehead atoms. The number of rotatable bonds is 8. The Bertz CT molecular complexity index is 3150. The highest BCUT2D eigenvalue weighted by Crippen LogP contribution is 2.53. The molecule has 0 spiro atoms. The number of nitrogens with zero attached hydrogens (tertiary/aromatic N) is 8. The zero-order valence-electron chi connectivity index (χ0n) is 41.9. The van der Waals surface area contributed by atoms with Crippen LogP contribution in [0.15, 0.2) is 101 Å². The first kappa shape index (κ1) is 57.0. The van der Waals surface area contributed by atoms with Crippen LogP contribution >= 0.6 is 23.5 Å². The van der Waals surface area contributed by atoms with Crippen LogP contribution in [0.3, 0.4) is 0 Å². The van der Waals surface area contributed by atoms with E-state index < -0.39 is 34.5 Å². The fraction of sp³-hybridized carbons (Fsp3) is 0.333. The molecule has 4 atom stereocenters. The molecule has 5 aromatic rings. The summed E-state index contributed by atoms with van der Waals surface area (Å²) in [4.78, 5) is 66.5. The quantitative estimate of drug-likeness (QED) is 0.0831. The number of nitrogens with one attached hydrogen (secondary N) is 1. The second kappa shape index (κ2) is 25.3. The van der Waals surface area contributed by atoms with Gasteiger partial charge in [-0.2, -0.15) is 15.8 Å². The number of pyridine rings is 3. The molecule has 2 aromatic carbocycles. The van der Waals surface area contributed by atoms with Crippen LogP contribution in [-0.4, -0.2) is 78.3 Å². The molecule has 5 heterocycles. The summed E-state index contributed by atoms with van der Waals surface area (Å²) in [5.41, 5.74) is 13.6. The number of aromatic carboxylic acids is 1. The van der Waals surface area contributed by atoms with E-state index in [1.807, 2.05) is 39.0 Å². The SMILES string of the molecule is CC(C)(C)OC(=O)CC1=N[C@@]2(c3cc(N)ccc3F)CCC[C@H]2CS1.COC(=O)c1ccc(C#N)cn1.N#Cc1ccc(C(=O)Nc2ccc(F)c([C@]34CCC[C@H]3CSC(N)=N4)c2)nc1.N#Cc1ccc(C(=O)O)nc1. The van der Waals surface area contributed by atoms with Crippen LogP contribution in [0.1, 0.15) is 125 Å². The fourth-order valence-corrected chi connectivity index (χ4v) is 11.3. The van der Waals surface area contributed by atoms with Crippen molar-refractivity contribution in [2.24, 2.45) is 27.6 Å². The number of ether oxygens (including phenoxy) is 2. The number of amidine groups is 1. The normalized spacial score (nSPS) is 19.8. The van der Waals surface area contributed by atoms with Crippen molar-refractivity contribution in [1.82, 2.24) is 15.0 Å². The Balaban J connectivity index is 0.000000177. The molecular formula is C54H53F2N11O7S2. The number of nitriles is 3. The van der Waals surface area contributed by atoms with E-state index in [0.717, 1.165) is 55.1 Å². The highest BCUT2D eigenvalue weighted by Gasteiger charge is 2.49. The first-order chi connectivity index (χ1) is 36.2. The molecule has 0 saturated heterocycles. The molecule has 2 aliphatic carbocycles. The molecule has 4 aliphatic rings. The van der Waals surface area contributed by atoms with Crippen LogP contribution in [0.2, 0.25) is 0 Å². The van der Waals surface area contributed by atoms with E-state index in [4.69, 9.17) is 42.1 Å². The number of nitrogen functional groups attached to an aromatic ring is 1. The van der Waals surface area contributed by atoms with Crippen molar-refractivity contribution >= 4 is 68.9 Å². The second-order valence-corrected chi connectivity index (χ2v) is 20.8. The van der Waals surface area contributed by atoms with Gasteiger partial charge in [-0.3, -0.25) is 19.6 Å². The summed E-state index contributed by atoms with van der Waals surface area (Å²) in [6.07, 6.45) is 9.52. The maximum atomic E-state index is 14.8. The number of carboxylic acids is 1. The maximum Gasteiger partial charge on any atom is 0.356 e. The van der Waals surface area contributed by atoms with Crippen LogP contribution < -0.4 is 16.8 Å². The number of carbonyl (C=O) groups excluding carboxylic acids is 3. The number of aliphatic imine (C=N–C) groups is 2. The Hall–Kier alpha value is -8.26. The number of carboxylic acid groups (broad SMARTS) is 1. The number of hydrogen-bond donors (Lipinski definition) is 4. The van der Waals surface area contributed by atoms with Gasteiger partial charge in [0.1, 0.15) is 52.5 Å². The van der Waals surface area contributed by atoms with Gasteiger partial charge in [0, 0.05) is 52.6 Å². The molecule has 22 heteroatoms. The molecule has 18 nitrogen and oxygen atoms in total. The highest BCUT2D eigenvalue weighted by molar-refractivity contribution is 8.14. The predicted octanol–water partition coefficient (Wildman–Crippen LogP) is 9.07. The largest absolute Gasteiger partial charge is 0.477 e. The molecule has 1 amide bonds. The predicted molar refractivity (Wildman–Crippen MR) is 283 cm³/mol. The molecule has 76 heavy (non-hydrogen) atoms. The molecule has 2 fully saturated rings. The monoisotopic (exact) mass is 1070 g/mol. The van der Waals surface area contributed by atoms with Crippen molar-refractivity contribution in [3.63, 3.8) is 0 Å². The summed E-state index contributed by atoms with van der Waals surface area (Å²) in [7, 11) is 1.28. The van der Waals surface area contributed by atoms with Crippen molar-refractivity contribution in [2.75, 3.05) is 29.7 Å². The lowest BCUT2D eigenvalue weighted by Crippen LogP contribution is -2.37. The summed E-state index contributed by atoms with van der Waals surface area (Å²) in [5, 5.41) is 37.9. The minimum atomic E-state index is -1.09. The van der Waals surface area contributed by atoms with E-state index in [1.54, 1.807) is 30.0 Å². The Morgan fingerprint density at radius 3 is 1.76 bits per heavy atom. The first-order valence-electron chi connectivity index (χ1n) is 23.7. The smallest absolute Gasteiger partial charge is 0.356 e. The summed E-state index contributed by atoms with van der Waals surface area (Å²) in [5.74, 6) is -0.756. The molecule has 9 rings (SSSR count). The number of methoxy groups -OCH3 is 1. The summed E-state index contributed by atoms with van der Waals surface area (Å²) >= 11 is 3.11. The molecule has 0 radical (unpaired) electrons. The number of carbonyl (C=O) groups is 4. The zero-order chi connectivity index (χ0) is 55.2. The third-order valence-electron chi connectivity index (χ3n) is 12.5. The standard InChI is InChI=1S/C20H18FN5OS.C19H25FN2O2S.C8H6N2O2.C7H4N2O2/c21-16-5-4-14(25-18(27)17-6-3-12(9-22)10-24-17)8-15(16)20-7-1-2-13(20)11-28-19(23)26-20;1-18(2,3)24-17(23)10-16-22-19(8-4-5-12(19)11-25-16)14-9-13(21)6-7-15(14)20;1-12-8(11)7-3-2-6(4-9)5-10-7;8-3-5-1-2-6(7(10)11)9-4-5/h3-6,8,10,13H,1-2,7,11H2,(H2,23,26)(H,25,27);6-7,9,12H,4-5,8,10-11,21H2,1-3H3;2-3,5H,1H3;1-2,4H,(H,10,11)/t13-,20-;12-,19-;;/m00../s1. The number of nitrogens with two attached hydrogens (primary N) is 2. The van der Waals surface area contributed by atoms with Gasteiger partial charge in [-0.15, -0.1) is 11.8 Å². The number of thioether (sulfide) groups is 2. The van der Waals surface area contributed by atoms with Gasteiger partial charge in [-0.05, 0) is 131 Å². The molecule has 0 unspecified atom stereocenters. The number of halogens is 2. The van der Waals surface area contributed by atoms with Crippen LogP contribution in [0.4, 0.5) is 20.2 Å². The third kappa shape index (κ3) is 14.3. The number of aromatic nitrogens is 3. The molecule has 2 aliphatic heterocycles. The molecular weight excluding hydrogens is 1020 g/mol. The van der Waals surface area contributed by atoms with Crippen LogP contribution in [0, 0.1) is 57.5 Å². The lowest BCUT2D eigenvalue weighted by molar-refractivity contribution is -0.153. The summed E-state index contributed by atoms with van der Waals surface area (Å²) in [6.45, 7) is 5.53. The van der Waals surface area contributed by atoms with Gasteiger partial charge in [0.25, 0.3) is 5.91 Å². The zero-order valence-corrected chi connectivity index (χ0v) is 43.5. The van der Waals surface area contributed by atoms with Gasteiger partial charge in [0.15, 0.2) is 5.17 Å². The van der Waals surface area contributed by atoms with E-state index in [2.05, 4.69) is 30.0 Å². The minimum absolute atomic E-state index is 0.0519. The third-order valence-corrected chi connectivity index (χ3v) is 14.6. The number of benzene rings is 2. The average molecular weight is 1070 g/mol. The molecule has 2 saturated carbocycles. The first-order valence-corrected chi connectivity index (χ1v) is 25.7. The van der Waals surface area contributed by atoms with Gasteiger partial charge in [0.2, 0.25) is 0 Å². The highest BCUT2D eigenvalue weighted by atomic mass is 32.2. The van der Waals surface area contributed by atoms with Gasteiger partial charge in [-0.25, -0.2) is 33.3 Å². The van der Waals surface area contributed by atoms with Crippen molar-refractivity contribution < 1.29 is 42.5 Å². The van der Waals surface area contributed by atoms with Crippen molar-refractivity contribution in [3.05, 3.63) is 148 Å². The van der Waals surface area contributed by atoms with E-state index in [0.29, 0.717) is 44.4 Å². The number of fused-ring (bicyclic) bond motifs is 2. The van der Waals surface area contributed by atoms with Gasteiger partial charge in [-0.1, -0.05) is 24.6 Å². The lowest BCUT2D eigenvalue weighted by Gasteiger charge is -2.37. The topological polar surface area (TPSA) is 306 Å². The summed E-state index contributed by atoms with van der Waals surface area (Å²) in [6, 6.07) is 23.6. The average Bonchev–Trinajstić information content (AvgIpc) is 4.10. The van der Waals surface area contributed by atoms with Crippen LogP contribution in [0.25, 0.3) is 0 Å². The van der Waals surface area contributed by atoms with Gasteiger partial charge < -0.3 is 31.4 Å². The van der Waals surface area contributed by atoms with Crippen molar-refractivity contribution in [2.45, 2.75) is 82.4 Å². The summed E-state index contributed by atoms with van der Waals surface area (Å²) < 4.78 is 39.2. The Morgan fingerprint density at radius 2 is 1.25 bits per heavy atom. The molecule has 6 N–H and O–H groups in total. The number of hydrogen-bond acceptors (Lipinski definition) is 18. The van der Waals surface area contributed by atoms with E-state index in [9.17, 15) is 28.0 Å². The number of esters is 2. The maximum absolute atomic E-state index is 14.8. The van der Waals surface area contributed by atoms with Crippen LogP contribution in [0.5, 0.6) is 0 Å². The van der Waals surface area contributed by atoms with Gasteiger partial charge in [0.05, 0.1) is 46.3 Å².